The first-order chi connectivity index (χ1) is 10.8. The molecule has 0 saturated carbocycles. The minimum absolute atomic E-state index is 0.0280. The van der Waals surface area contributed by atoms with Crippen molar-refractivity contribution in [1.82, 2.24) is 15.2 Å². The molecule has 0 aliphatic rings. The summed E-state index contributed by atoms with van der Waals surface area (Å²) in [6, 6.07) is 10.4. The third-order valence-corrected chi connectivity index (χ3v) is 4.95. The van der Waals surface area contributed by atoms with E-state index >= 15 is 0 Å². The lowest BCUT2D eigenvalue weighted by Crippen LogP contribution is -2.15. The molecule has 0 fully saturated rings. The molecule has 23 heavy (non-hydrogen) atoms. The third kappa shape index (κ3) is 3.05. The average Bonchev–Trinajstić information content (AvgIpc) is 2.89. The fraction of sp³-hybridized carbons (Fsp3) is 0.250. The number of aromatic nitrogens is 3. The molecule has 2 heterocycles. The highest BCUT2D eigenvalue weighted by atomic mass is 32.2. The Balaban J connectivity index is 1.93. The maximum absolute atomic E-state index is 12.5. The molecule has 6 nitrogen and oxygen atoms in total. The molecule has 2 N–H and O–H groups in total. The number of rotatable bonds is 3. The third-order valence-electron chi connectivity index (χ3n) is 3.60. The standard InChI is InChI=1S/C16H18N4O2S/c1-16(2,3)11-6-8-12(9-7-11)23(21,22)20-15-13-5-4-10-17-14(13)18-19-15/h4-10H,1-3H3,(H2,17,18,19,20). The average molecular weight is 330 g/mol. The van der Waals surface area contributed by atoms with Gasteiger partial charge in [-0.2, -0.15) is 5.10 Å². The Labute approximate surface area is 135 Å². The Kier molecular flexibility index (Phi) is 3.60. The van der Waals surface area contributed by atoms with Gasteiger partial charge in [0.2, 0.25) is 0 Å². The van der Waals surface area contributed by atoms with Crippen molar-refractivity contribution < 1.29 is 8.42 Å². The highest BCUT2D eigenvalue weighted by molar-refractivity contribution is 7.92. The molecule has 0 aliphatic carbocycles. The highest BCUT2D eigenvalue weighted by Gasteiger charge is 2.19. The number of pyridine rings is 1. The molecule has 0 aliphatic heterocycles. The molecule has 3 aromatic rings. The van der Waals surface area contributed by atoms with Gasteiger partial charge in [-0.05, 0) is 35.2 Å². The highest BCUT2D eigenvalue weighted by Crippen LogP contribution is 2.25. The minimum atomic E-state index is -3.70. The van der Waals surface area contributed by atoms with Crippen LogP contribution in [0.15, 0.2) is 47.5 Å². The van der Waals surface area contributed by atoms with Gasteiger partial charge in [0.15, 0.2) is 11.5 Å². The zero-order chi connectivity index (χ0) is 16.7. The minimum Gasteiger partial charge on any atom is -0.261 e. The van der Waals surface area contributed by atoms with Crippen LogP contribution in [0.3, 0.4) is 0 Å². The maximum atomic E-state index is 12.5. The Morgan fingerprint density at radius 1 is 1.09 bits per heavy atom. The molecule has 120 valence electrons. The topological polar surface area (TPSA) is 87.7 Å². The van der Waals surface area contributed by atoms with Gasteiger partial charge in [-0.1, -0.05) is 32.9 Å². The smallest absolute Gasteiger partial charge is 0.261 e. The van der Waals surface area contributed by atoms with Crippen LogP contribution in [-0.2, 0) is 15.4 Å². The lowest BCUT2D eigenvalue weighted by Gasteiger charge is -2.19. The Morgan fingerprint density at radius 2 is 1.78 bits per heavy atom. The van der Waals surface area contributed by atoms with Gasteiger partial charge in [0.25, 0.3) is 10.0 Å². The van der Waals surface area contributed by atoms with E-state index in [4.69, 9.17) is 0 Å². The molecule has 0 amide bonds. The van der Waals surface area contributed by atoms with Crippen LogP contribution in [0.1, 0.15) is 26.3 Å². The number of hydrogen-bond donors (Lipinski definition) is 2. The Morgan fingerprint density at radius 3 is 2.43 bits per heavy atom. The summed E-state index contributed by atoms with van der Waals surface area (Å²) in [5.41, 5.74) is 1.58. The van der Waals surface area contributed by atoms with E-state index in [1.165, 1.54) is 0 Å². The van der Waals surface area contributed by atoms with Crippen molar-refractivity contribution in [3.8, 4) is 0 Å². The van der Waals surface area contributed by atoms with E-state index in [1.807, 2.05) is 12.1 Å². The predicted octanol–water partition coefficient (Wildman–Crippen LogP) is 3.06. The van der Waals surface area contributed by atoms with Gasteiger partial charge in [-0.15, -0.1) is 0 Å². The van der Waals surface area contributed by atoms with Crippen molar-refractivity contribution in [2.24, 2.45) is 0 Å². The molecule has 3 rings (SSSR count). The van der Waals surface area contributed by atoms with Crippen LogP contribution in [0, 0.1) is 0 Å². The van der Waals surface area contributed by atoms with Gasteiger partial charge in [0.05, 0.1) is 10.3 Å². The maximum Gasteiger partial charge on any atom is 0.263 e. The van der Waals surface area contributed by atoms with Crippen LogP contribution in [0.5, 0.6) is 0 Å². The fourth-order valence-electron chi connectivity index (χ4n) is 2.25. The molecule has 0 unspecified atom stereocenters. The van der Waals surface area contributed by atoms with Crippen molar-refractivity contribution >= 4 is 26.9 Å². The van der Waals surface area contributed by atoms with Gasteiger partial charge >= 0.3 is 0 Å². The van der Waals surface area contributed by atoms with Crippen LogP contribution in [0.25, 0.3) is 11.0 Å². The summed E-state index contributed by atoms with van der Waals surface area (Å²) in [6.45, 7) is 6.24. The molecular weight excluding hydrogens is 312 g/mol. The summed E-state index contributed by atoms with van der Waals surface area (Å²) in [4.78, 5) is 4.29. The van der Waals surface area contributed by atoms with E-state index in [-0.39, 0.29) is 16.1 Å². The van der Waals surface area contributed by atoms with E-state index in [0.717, 1.165) is 5.56 Å². The second-order valence-corrected chi connectivity index (χ2v) is 8.03. The number of nitrogens with one attached hydrogen (secondary N) is 2. The lowest BCUT2D eigenvalue weighted by atomic mass is 9.87. The molecule has 0 saturated heterocycles. The molecule has 2 aromatic heterocycles. The Hall–Kier alpha value is -2.41. The van der Waals surface area contributed by atoms with Crippen LogP contribution < -0.4 is 4.72 Å². The quantitative estimate of drug-likeness (QED) is 0.772. The molecule has 7 heteroatoms. The normalized spacial score (nSPS) is 12.5. The zero-order valence-corrected chi connectivity index (χ0v) is 14.0. The van der Waals surface area contributed by atoms with Gasteiger partial charge in [-0.3, -0.25) is 9.82 Å². The van der Waals surface area contributed by atoms with Crippen molar-refractivity contribution in [2.75, 3.05) is 4.72 Å². The van der Waals surface area contributed by atoms with Crippen LogP contribution in [0.4, 0.5) is 5.82 Å². The fourth-order valence-corrected chi connectivity index (χ4v) is 3.28. The first kappa shape index (κ1) is 15.5. The largest absolute Gasteiger partial charge is 0.263 e. The SMILES string of the molecule is CC(C)(C)c1ccc(S(=O)(=O)Nc2n[nH]c3ncccc23)cc1. The van der Waals surface area contributed by atoms with Gasteiger partial charge < -0.3 is 0 Å². The van der Waals surface area contributed by atoms with E-state index in [9.17, 15) is 8.42 Å². The van der Waals surface area contributed by atoms with Crippen molar-refractivity contribution in [1.29, 1.82) is 0 Å². The first-order valence-corrected chi connectivity index (χ1v) is 8.68. The van der Waals surface area contributed by atoms with Gasteiger partial charge in [0, 0.05) is 6.20 Å². The number of anilines is 1. The van der Waals surface area contributed by atoms with Crippen LogP contribution in [0.2, 0.25) is 0 Å². The van der Waals surface area contributed by atoms with Gasteiger partial charge in [0.1, 0.15) is 0 Å². The summed E-state index contributed by atoms with van der Waals surface area (Å²) in [5, 5.41) is 7.32. The van der Waals surface area contributed by atoms with Crippen molar-refractivity contribution in [3.05, 3.63) is 48.2 Å². The van der Waals surface area contributed by atoms with Gasteiger partial charge in [-0.25, -0.2) is 13.4 Å². The van der Waals surface area contributed by atoms with E-state index in [0.29, 0.717) is 11.0 Å². The molecule has 0 bridgehead atoms. The molecule has 0 spiro atoms. The summed E-state index contributed by atoms with van der Waals surface area (Å²) in [6.07, 6.45) is 1.62. The lowest BCUT2D eigenvalue weighted by molar-refractivity contribution is 0.587. The number of sulfonamides is 1. The van der Waals surface area contributed by atoms with Crippen LogP contribution >= 0.6 is 0 Å². The molecule has 1 aromatic carbocycles. The summed E-state index contributed by atoms with van der Waals surface area (Å²) in [5.74, 6) is 0.244. The summed E-state index contributed by atoms with van der Waals surface area (Å²) >= 11 is 0. The van der Waals surface area contributed by atoms with Crippen molar-refractivity contribution in [2.45, 2.75) is 31.1 Å². The number of hydrogen-bond acceptors (Lipinski definition) is 4. The second kappa shape index (κ2) is 5.34. The summed E-state index contributed by atoms with van der Waals surface area (Å²) < 4.78 is 27.5. The Bertz CT molecular complexity index is 938. The van der Waals surface area contributed by atoms with Crippen molar-refractivity contribution in [3.63, 3.8) is 0 Å². The number of aromatic amines is 1. The number of H-pyrrole nitrogens is 1. The number of benzene rings is 1. The first-order valence-electron chi connectivity index (χ1n) is 7.20. The number of nitrogens with zero attached hydrogens (tertiary/aromatic N) is 2. The molecular formula is C16H18N4O2S. The van der Waals surface area contributed by atoms with E-state index < -0.39 is 10.0 Å². The summed E-state index contributed by atoms with van der Waals surface area (Å²) in [7, 11) is -3.70. The van der Waals surface area contributed by atoms with E-state index in [1.54, 1.807) is 30.5 Å². The second-order valence-electron chi connectivity index (χ2n) is 6.35. The zero-order valence-electron chi connectivity index (χ0n) is 13.2. The van der Waals surface area contributed by atoms with Crippen LogP contribution in [-0.4, -0.2) is 23.6 Å². The molecule has 0 radical (unpaired) electrons. The number of fused-ring (bicyclic) bond motifs is 1. The molecule has 0 atom stereocenters. The predicted molar refractivity (Wildman–Crippen MR) is 89.8 cm³/mol. The monoisotopic (exact) mass is 330 g/mol. The van der Waals surface area contributed by atoms with E-state index in [2.05, 4.69) is 40.7 Å².